The highest BCUT2D eigenvalue weighted by Gasteiger charge is 2.11. The average Bonchev–Trinajstić information content (AvgIpc) is 2.89. The van der Waals surface area contributed by atoms with Crippen molar-refractivity contribution >= 4 is 0 Å². The number of hydrogen-bond acceptors (Lipinski definition) is 2. The Morgan fingerprint density at radius 3 is 2.65 bits per heavy atom. The van der Waals surface area contributed by atoms with Gasteiger partial charge < -0.3 is 5.32 Å². The van der Waals surface area contributed by atoms with Crippen LogP contribution in [-0.4, -0.2) is 16.3 Å². The first-order valence-corrected chi connectivity index (χ1v) is 6.80. The molecule has 0 saturated carbocycles. The Balaban J connectivity index is 2.10. The van der Waals surface area contributed by atoms with Crippen molar-refractivity contribution in [3.8, 4) is 0 Å². The van der Waals surface area contributed by atoms with Gasteiger partial charge >= 0.3 is 0 Å². The smallest absolute Gasteiger partial charge is 0.131 e. The molecule has 1 heterocycles. The van der Waals surface area contributed by atoms with E-state index in [-0.39, 0.29) is 18.2 Å². The van der Waals surface area contributed by atoms with E-state index in [1.807, 2.05) is 13.1 Å². The van der Waals surface area contributed by atoms with E-state index in [0.29, 0.717) is 0 Å². The molecule has 3 nitrogen and oxygen atoms in total. The summed E-state index contributed by atoms with van der Waals surface area (Å²) in [5, 5.41) is 7.51. The summed E-state index contributed by atoms with van der Waals surface area (Å²) in [6.45, 7) is 5.16. The molecular weight excluding hydrogens is 260 g/mol. The molecule has 0 radical (unpaired) electrons. The molecule has 0 aliphatic rings. The molecule has 1 aromatic heterocycles. The zero-order chi connectivity index (χ0) is 14.5. The lowest BCUT2D eigenvalue weighted by atomic mass is 10.2. The number of nitrogens with zero attached hydrogens (tertiary/aromatic N) is 2. The van der Waals surface area contributed by atoms with Crippen LogP contribution in [0.3, 0.4) is 0 Å². The molecule has 5 heteroatoms. The van der Waals surface area contributed by atoms with Gasteiger partial charge in [0.1, 0.15) is 11.6 Å². The van der Waals surface area contributed by atoms with Gasteiger partial charge in [-0.1, -0.05) is 13.0 Å². The molecule has 0 fully saturated rings. The summed E-state index contributed by atoms with van der Waals surface area (Å²) in [4.78, 5) is 0. The summed E-state index contributed by atoms with van der Waals surface area (Å²) in [7, 11) is 0. The topological polar surface area (TPSA) is 29.9 Å². The first-order chi connectivity index (χ1) is 9.61. The van der Waals surface area contributed by atoms with Crippen LogP contribution in [0, 0.1) is 11.6 Å². The Morgan fingerprint density at radius 1 is 1.30 bits per heavy atom. The van der Waals surface area contributed by atoms with Crippen LogP contribution >= 0.6 is 0 Å². The Hall–Kier alpha value is -1.75. The molecule has 0 amide bonds. The lowest BCUT2D eigenvalue weighted by Gasteiger charge is -2.10. The zero-order valence-corrected chi connectivity index (χ0v) is 11.7. The van der Waals surface area contributed by atoms with Gasteiger partial charge in [0.05, 0.1) is 12.7 Å². The molecule has 20 heavy (non-hydrogen) atoms. The lowest BCUT2D eigenvalue weighted by Crippen LogP contribution is -2.18. The predicted molar refractivity (Wildman–Crippen MR) is 74.4 cm³/mol. The van der Waals surface area contributed by atoms with Crippen LogP contribution in [-0.2, 0) is 6.54 Å². The van der Waals surface area contributed by atoms with Gasteiger partial charge in [-0.25, -0.2) is 8.78 Å². The fraction of sp³-hybridized carbons (Fsp3) is 0.400. The van der Waals surface area contributed by atoms with Gasteiger partial charge in [-0.2, -0.15) is 5.10 Å². The second kappa shape index (κ2) is 6.61. The summed E-state index contributed by atoms with van der Waals surface area (Å²) in [6.07, 6.45) is 4.60. The third-order valence-corrected chi connectivity index (χ3v) is 3.24. The summed E-state index contributed by atoms with van der Waals surface area (Å²) in [5.74, 6) is -1.08. The highest BCUT2D eigenvalue weighted by Crippen LogP contribution is 2.15. The van der Waals surface area contributed by atoms with Crippen molar-refractivity contribution in [1.82, 2.24) is 15.1 Å². The highest BCUT2D eigenvalue weighted by atomic mass is 19.1. The van der Waals surface area contributed by atoms with Gasteiger partial charge in [-0.15, -0.1) is 0 Å². The fourth-order valence-electron chi connectivity index (χ4n) is 2.01. The van der Waals surface area contributed by atoms with E-state index >= 15 is 0 Å². The van der Waals surface area contributed by atoms with E-state index in [0.717, 1.165) is 18.5 Å². The molecule has 1 unspecified atom stereocenters. The summed E-state index contributed by atoms with van der Waals surface area (Å²) < 4.78 is 28.7. The van der Waals surface area contributed by atoms with Crippen molar-refractivity contribution in [2.45, 2.75) is 32.9 Å². The van der Waals surface area contributed by atoms with Crippen molar-refractivity contribution in [2.24, 2.45) is 0 Å². The molecule has 0 spiro atoms. The first-order valence-electron chi connectivity index (χ1n) is 6.80. The minimum Gasteiger partial charge on any atom is -0.310 e. The van der Waals surface area contributed by atoms with E-state index < -0.39 is 11.6 Å². The van der Waals surface area contributed by atoms with E-state index in [2.05, 4.69) is 17.3 Å². The van der Waals surface area contributed by atoms with Crippen LogP contribution in [0.15, 0.2) is 30.6 Å². The van der Waals surface area contributed by atoms with Gasteiger partial charge in [0.15, 0.2) is 0 Å². The number of rotatable bonds is 6. The maximum absolute atomic E-state index is 13.6. The normalized spacial score (nSPS) is 12.6. The minimum atomic E-state index is -0.542. The summed E-state index contributed by atoms with van der Waals surface area (Å²) in [6, 6.07) is 4.05. The number of halogens is 2. The van der Waals surface area contributed by atoms with Crippen molar-refractivity contribution in [3.05, 3.63) is 53.4 Å². The van der Waals surface area contributed by atoms with Gasteiger partial charge in [0.25, 0.3) is 0 Å². The largest absolute Gasteiger partial charge is 0.310 e. The molecule has 2 rings (SSSR count). The molecule has 0 aliphatic heterocycles. The Kier molecular flexibility index (Phi) is 4.84. The third kappa shape index (κ3) is 3.42. The second-order valence-electron chi connectivity index (χ2n) is 4.85. The molecular formula is C15H19F2N3. The molecule has 2 aromatic rings. The Bertz CT molecular complexity index is 546. The third-order valence-electron chi connectivity index (χ3n) is 3.24. The quantitative estimate of drug-likeness (QED) is 0.879. The summed E-state index contributed by atoms with van der Waals surface area (Å²) >= 11 is 0. The molecule has 1 atom stereocenters. The molecule has 108 valence electrons. The number of nitrogens with one attached hydrogen (secondary N) is 1. The number of benzene rings is 1. The van der Waals surface area contributed by atoms with Crippen LogP contribution in [0.2, 0.25) is 0 Å². The second-order valence-corrected chi connectivity index (χ2v) is 4.85. The maximum Gasteiger partial charge on any atom is 0.131 e. The van der Waals surface area contributed by atoms with Crippen molar-refractivity contribution in [1.29, 1.82) is 0 Å². The average molecular weight is 279 g/mol. The van der Waals surface area contributed by atoms with E-state index in [1.165, 1.54) is 18.2 Å². The van der Waals surface area contributed by atoms with Crippen molar-refractivity contribution < 1.29 is 8.78 Å². The number of aromatic nitrogens is 2. The molecule has 0 bridgehead atoms. The zero-order valence-electron chi connectivity index (χ0n) is 11.7. The fourth-order valence-corrected chi connectivity index (χ4v) is 2.01. The maximum atomic E-state index is 13.6. The van der Waals surface area contributed by atoms with Crippen LogP contribution in [0.5, 0.6) is 0 Å². The van der Waals surface area contributed by atoms with Crippen molar-refractivity contribution in [2.75, 3.05) is 6.54 Å². The minimum absolute atomic E-state index is 0.0383. The highest BCUT2D eigenvalue weighted by molar-refractivity contribution is 5.20. The van der Waals surface area contributed by atoms with Crippen LogP contribution in [0.25, 0.3) is 0 Å². The predicted octanol–water partition coefficient (Wildman–Crippen LogP) is 3.27. The van der Waals surface area contributed by atoms with Crippen LogP contribution < -0.4 is 5.32 Å². The van der Waals surface area contributed by atoms with Gasteiger partial charge in [-0.05, 0) is 32.0 Å². The van der Waals surface area contributed by atoms with E-state index in [1.54, 1.807) is 10.9 Å². The van der Waals surface area contributed by atoms with Crippen LogP contribution in [0.1, 0.15) is 37.4 Å². The van der Waals surface area contributed by atoms with Gasteiger partial charge in [0.2, 0.25) is 0 Å². The standard InChI is InChI=1S/C15H19F2N3/c1-3-7-18-11(2)12-8-19-20(9-12)10-13-14(16)5-4-6-15(13)17/h4-6,8-9,11,18H,3,7,10H2,1-2H3. The van der Waals surface area contributed by atoms with E-state index in [9.17, 15) is 8.78 Å². The van der Waals surface area contributed by atoms with E-state index in [4.69, 9.17) is 0 Å². The van der Waals surface area contributed by atoms with Gasteiger partial charge in [0, 0.05) is 23.4 Å². The SMILES string of the molecule is CCCNC(C)c1cnn(Cc2c(F)cccc2F)c1. The Labute approximate surface area is 117 Å². The summed E-state index contributed by atoms with van der Waals surface area (Å²) in [5.41, 5.74) is 1.05. The molecule has 1 aromatic carbocycles. The molecule has 0 aliphatic carbocycles. The Morgan fingerprint density at radius 2 is 2.00 bits per heavy atom. The monoisotopic (exact) mass is 279 g/mol. The van der Waals surface area contributed by atoms with Gasteiger partial charge in [-0.3, -0.25) is 4.68 Å². The molecule has 0 saturated heterocycles. The molecule has 1 N–H and O–H groups in total. The number of hydrogen-bond donors (Lipinski definition) is 1. The first kappa shape index (κ1) is 14.7. The lowest BCUT2D eigenvalue weighted by molar-refractivity contribution is 0.532. The van der Waals surface area contributed by atoms with Crippen molar-refractivity contribution in [3.63, 3.8) is 0 Å². The van der Waals surface area contributed by atoms with Crippen LogP contribution in [0.4, 0.5) is 8.78 Å².